The van der Waals surface area contributed by atoms with Crippen LogP contribution >= 0.6 is 0 Å². The number of carbonyl (C=O) groups excluding carboxylic acids is 2. The molecule has 0 radical (unpaired) electrons. The fraction of sp³-hybridized carbons (Fsp3) is 0.417. The molecule has 1 aromatic rings. The van der Waals surface area contributed by atoms with Gasteiger partial charge in [0.25, 0.3) is 5.69 Å². The molecule has 21 heavy (non-hydrogen) atoms. The summed E-state index contributed by atoms with van der Waals surface area (Å²) in [5, 5.41) is 13.3. The van der Waals surface area contributed by atoms with Crippen LogP contribution in [0.25, 0.3) is 0 Å². The number of pyridine rings is 1. The van der Waals surface area contributed by atoms with E-state index in [0.29, 0.717) is 18.9 Å². The molecular weight excluding hydrogens is 280 g/mol. The van der Waals surface area contributed by atoms with Crippen LogP contribution in [0.4, 0.5) is 11.5 Å². The van der Waals surface area contributed by atoms with Crippen molar-refractivity contribution in [2.75, 3.05) is 25.1 Å². The molecule has 0 saturated carbocycles. The lowest BCUT2D eigenvalue weighted by molar-refractivity contribution is -0.385. The molecule has 0 spiro atoms. The number of anilines is 1. The van der Waals surface area contributed by atoms with E-state index in [4.69, 9.17) is 0 Å². The van der Waals surface area contributed by atoms with Gasteiger partial charge in [0.1, 0.15) is 18.1 Å². The van der Waals surface area contributed by atoms with Crippen molar-refractivity contribution in [2.24, 2.45) is 0 Å². The van der Waals surface area contributed by atoms with E-state index < -0.39 is 16.9 Å². The Balaban J connectivity index is 2.23. The van der Waals surface area contributed by atoms with E-state index in [-0.39, 0.29) is 18.0 Å². The van der Waals surface area contributed by atoms with Crippen LogP contribution in [0.2, 0.25) is 0 Å². The number of aromatic nitrogens is 1. The van der Waals surface area contributed by atoms with Gasteiger partial charge in [-0.1, -0.05) is 0 Å². The summed E-state index contributed by atoms with van der Waals surface area (Å²) in [5.41, 5.74) is -0.135. The number of nitro groups is 1. The molecule has 1 saturated heterocycles. The largest absolute Gasteiger partial charge is 0.469 e. The molecular formula is C12H14N4O5. The summed E-state index contributed by atoms with van der Waals surface area (Å²) in [7, 11) is 1.25. The summed E-state index contributed by atoms with van der Waals surface area (Å²) >= 11 is 0. The van der Waals surface area contributed by atoms with Crippen molar-refractivity contribution in [3.63, 3.8) is 0 Å². The number of hydrogen-bond donors (Lipinski definition) is 1. The van der Waals surface area contributed by atoms with Crippen molar-refractivity contribution in [1.29, 1.82) is 0 Å². The van der Waals surface area contributed by atoms with Crippen LogP contribution in [0.1, 0.15) is 6.42 Å². The van der Waals surface area contributed by atoms with E-state index >= 15 is 0 Å². The van der Waals surface area contributed by atoms with Gasteiger partial charge < -0.3 is 15.0 Å². The minimum atomic E-state index is -0.736. The Bertz CT molecular complexity index is 559. The summed E-state index contributed by atoms with van der Waals surface area (Å²) in [4.78, 5) is 39.0. The fourth-order valence-electron chi connectivity index (χ4n) is 2.09. The van der Waals surface area contributed by atoms with E-state index in [9.17, 15) is 19.7 Å². The number of piperazine rings is 1. The van der Waals surface area contributed by atoms with Crippen LogP contribution in [-0.2, 0) is 14.3 Å². The first-order valence-electron chi connectivity index (χ1n) is 6.24. The minimum absolute atomic E-state index is 0.110. The van der Waals surface area contributed by atoms with E-state index in [0.717, 1.165) is 6.20 Å². The van der Waals surface area contributed by atoms with Gasteiger partial charge in [-0.2, -0.15) is 0 Å². The number of carbonyl (C=O) groups is 2. The number of nitrogens with one attached hydrogen (secondary N) is 1. The zero-order valence-corrected chi connectivity index (χ0v) is 11.3. The lowest BCUT2D eigenvalue weighted by Gasteiger charge is -2.35. The Morgan fingerprint density at radius 2 is 2.38 bits per heavy atom. The van der Waals surface area contributed by atoms with E-state index in [1.807, 2.05) is 0 Å². The second-order valence-corrected chi connectivity index (χ2v) is 4.41. The topological polar surface area (TPSA) is 115 Å². The summed E-state index contributed by atoms with van der Waals surface area (Å²) in [5.74, 6) is -0.403. The SMILES string of the molecule is COC(=O)C[C@H]1C(=O)NCCN1c1ccc([N+](=O)[O-])cn1. The predicted molar refractivity (Wildman–Crippen MR) is 71.7 cm³/mol. The van der Waals surface area contributed by atoms with Crippen molar-refractivity contribution in [3.8, 4) is 0 Å². The molecule has 9 nitrogen and oxygen atoms in total. The second kappa shape index (κ2) is 6.16. The maximum absolute atomic E-state index is 11.9. The van der Waals surface area contributed by atoms with Crippen molar-refractivity contribution >= 4 is 23.4 Å². The van der Waals surface area contributed by atoms with Gasteiger partial charge in [0, 0.05) is 19.2 Å². The first-order chi connectivity index (χ1) is 10.0. The Kier molecular flexibility index (Phi) is 4.31. The number of hydrogen-bond acceptors (Lipinski definition) is 7. The van der Waals surface area contributed by atoms with Crippen LogP contribution in [0.5, 0.6) is 0 Å². The maximum Gasteiger partial charge on any atom is 0.308 e. The third-order valence-electron chi connectivity index (χ3n) is 3.16. The molecule has 0 aromatic carbocycles. The lowest BCUT2D eigenvalue weighted by Crippen LogP contribution is -2.56. The van der Waals surface area contributed by atoms with E-state index in [1.165, 1.54) is 19.2 Å². The third kappa shape index (κ3) is 3.25. The Morgan fingerprint density at radius 3 is 2.95 bits per heavy atom. The summed E-state index contributed by atoms with van der Waals surface area (Å²) < 4.78 is 4.58. The van der Waals surface area contributed by atoms with Crippen LogP contribution in [-0.4, -0.2) is 48.0 Å². The first kappa shape index (κ1) is 14.7. The number of ether oxygens (including phenoxy) is 1. The van der Waals surface area contributed by atoms with E-state index in [2.05, 4.69) is 15.0 Å². The molecule has 2 rings (SSSR count). The van der Waals surface area contributed by atoms with Gasteiger partial charge in [-0.15, -0.1) is 0 Å². The molecule has 1 amide bonds. The molecule has 1 aromatic heterocycles. The Labute approximate surface area is 120 Å². The summed E-state index contributed by atoms with van der Waals surface area (Å²) in [6, 6.07) is 2.03. The molecule has 112 valence electrons. The highest BCUT2D eigenvalue weighted by Crippen LogP contribution is 2.21. The number of esters is 1. The molecule has 1 fully saturated rings. The first-order valence-corrected chi connectivity index (χ1v) is 6.24. The van der Waals surface area contributed by atoms with Crippen molar-refractivity contribution < 1.29 is 19.2 Å². The molecule has 1 aliphatic rings. The Hall–Kier alpha value is -2.71. The van der Waals surface area contributed by atoms with Gasteiger partial charge in [0.2, 0.25) is 5.91 Å². The van der Waals surface area contributed by atoms with Crippen LogP contribution < -0.4 is 10.2 Å². The standard InChI is InChI=1S/C12H14N4O5/c1-21-11(17)6-9-12(18)13-4-5-15(9)10-3-2-8(7-14-10)16(19)20/h2-3,7,9H,4-6H2,1H3,(H,13,18)/t9-/m0/s1. The monoisotopic (exact) mass is 294 g/mol. The molecule has 2 heterocycles. The smallest absolute Gasteiger partial charge is 0.308 e. The van der Waals surface area contributed by atoms with Gasteiger partial charge in [-0.25, -0.2) is 4.98 Å². The normalized spacial score (nSPS) is 18.0. The fourth-order valence-corrected chi connectivity index (χ4v) is 2.09. The molecule has 1 N–H and O–H groups in total. The number of methoxy groups -OCH3 is 1. The molecule has 0 bridgehead atoms. The predicted octanol–water partition coefficient (Wildman–Crippen LogP) is -0.142. The van der Waals surface area contributed by atoms with E-state index in [1.54, 1.807) is 4.90 Å². The molecule has 0 aliphatic carbocycles. The van der Waals surface area contributed by atoms with Gasteiger partial charge in [-0.3, -0.25) is 19.7 Å². The van der Waals surface area contributed by atoms with Crippen molar-refractivity contribution in [1.82, 2.24) is 10.3 Å². The lowest BCUT2D eigenvalue weighted by atomic mass is 10.1. The van der Waals surface area contributed by atoms with Crippen LogP contribution in [0.3, 0.4) is 0 Å². The summed E-state index contributed by atoms with van der Waals surface area (Å²) in [6.45, 7) is 0.868. The zero-order chi connectivity index (χ0) is 15.4. The highest BCUT2D eigenvalue weighted by atomic mass is 16.6. The van der Waals surface area contributed by atoms with Gasteiger partial charge in [0.05, 0.1) is 18.5 Å². The average Bonchev–Trinajstić information content (AvgIpc) is 2.49. The average molecular weight is 294 g/mol. The van der Waals surface area contributed by atoms with Gasteiger partial charge in [0.15, 0.2) is 0 Å². The van der Waals surface area contributed by atoms with Crippen LogP contribution in [0, 0.1) is 10.1 Å². The quantitative estimate of drug-likeness (QED) is 0.467. The number of nitrogens with zero attached hydrogens (tertiary/aromatic N) is 3. The summed E-state index contributed by atoms with van der Waals surface area (Å²) in [6.07, 6.45) is 1.01. The van der Waals surface area contributed by atoms with Crippen LogP contribution in [0.15, 0.2) is 18.3 Å². The number of amides is 1. The molecule has 0 unspecified atom stereocenters. The Morgan fingerprint density at radius 1 is 1.62 bits per heavy atom. The van der Waals surface area contributed by atoms with Crippen molar-refractivity contribution in [2.45, 2.75) is 12.5 Å². The van der Waals surface area contributed by atoms with Gasteiger partial charge in [-0.05, 0) is 6.07 Å². The third-order valence-corrected chi connectivity index (χ3v) is 3.16. The number of rotatable bonds is 4. The highest BCUT2D eigenvalue weighted by molar-refractivity contribution is 5.90. The molecule has 9 heteroatoms. The highest BCUT2D eigenvalue weighted by Gasteiger charge is 2.33. The molecule has 1 atom stereocenters. The minimum Gasteiger partial charge on any atom is -0.469 e. The molecule has 1 aliphatic heterocycles. The maximum atomic E-state index is 11.9. The van der Waals surface area contributed by atoms with Gasteiger partial charge >= 0.3 is 5.97 Å². The zero-order valence-electron chi connectivity index (χ0n) is 11.3. The van der Waals surface area contributed by atoms with Crippen molar-refractivity contribution in [3.05, 3.63) is 28.4 Å². The second-order valence-electron chi connectivity index (χ2n) is 4.41.